The fraction of sp³-hybridized carbons (Fsp3) is 0.316. The average Bonchev–Trinajstić information content (AvgIpc) is 3.18. The van der Waals surface area contributed by atoms with Crippen molar-refractivity contribution >= 4 is 28.3 Å². The van der Waals surface area contributed by atoms with E-state index in [1.165, 1.54) is 11.3 Å². The summed E-state index contributed by atoms with van der Waals surface area (Å²) in [6, 6.07) is 5.66. The Labute approximate surface area is 156 Å². The SMILES string of the molecule is CCOC(=O)c1c(-c2csc(Nc3ccccn3)n2)c(C)n(CC)c1C. The standard InChI is InChI=1S/C19H22N4O2S/c1-5-23-12(3)16(17(13(23)4)18(24)25-6-2)14-11-26-19(21-14)22-15-9-7-8-10-20-15/h7-11H,5-6H2,1-4H3,(H,20,21,22). The van der Waals surface area contributed by atoms with E-state index in [4.69, 9.17) is 4.74 Å². The van der Waals surface area contributed by atoms with E-state index >= 15 is 0 Å². The molecule has 0 bridgehead atoms. The number of nitrogens with zero attached hydrogens (tertiary/aromatic N) is 3. The molecule has 0 fully saturated rings. The van der Waals surface area contributed by atoms with E-state index in [9.17, 15) is 4.79 Å². The number of ether oxygens (including phenoxy) is 1. The van der Waals surface area contributed by atoms with Gasteiger partial charge in [-0.25, -0.2) is 14.8 Å². The van der Waals surface area contributed by atoms with Crippen molar-refractivity contribution in [3.63, 3.8) is 0 Å². The molecule has 0 aromatic carbocycles. The van der Waals surface area contributed by atoms with Gasteiger partial charge < -0.3 is 14.6 Å². The van der Waals surface area contributed by atoms with E-state index in [1.807, 2.05) is 44.4 Å². The molecule has 3 aromatic heterocycles. The Hall–Kier alpha value is -2.67. The molecule has 0 unspecified atom stereocenters. The highest BCUT2D eigenvalue weighted by Gasteiger charge is 2.26. The highest BCUT2D eigenvalue weighted by atomic mass is 32.1. The van der Waals surface area contributed by atoms with Gasteiger partial charge in [0.2, 0.25) is 0 Å². The number of esters is 1. The minimum absolute atomic E-state index is 0.303. The van der Waals surface area contributed by atoms with Crippen LogP contribution in [0.25, 0.3) is 11.3 Å². The van der Waals surface area contributed by atoms with Crippen LogP contribution < -0.4 is 5.32 Å². The molecule has 3 aromatic rings. The van der Waals surface area contributed by atoms with Crippen molar-refractivity contribution < 1.29 is 9.53 Å². The maximum absolute atomic E-state index is 12.6. The molecule has 0 aliphatic heterocycles. The molecule has 3 rings (SSSR count). The van der Waals surface area contributed by atoms with Gasteiger partial charge in [-0.05, 0) is 39.8 Å². The Morgan fingerprint density at radius 1 is 1.27 bits per heavy atom. The van der Waals surface area contributed by atoms with Gasteiger partial charge in [0, 0.05) is 35.1 Å². The summed E-state index contributed by atoms with van der Waals surface area (Å²) < 4.78 is 7.40. The molecule has 3 heterocycles. The normalized spacial score (nSPS) is 10.8. The van der Waals surface area contributed by atoms with E-state index in [2.05, 4.69) is 26.8 Å². The molecular weight excluding hydrogens is 348 g/mol. The van der Waals surface area contributed by atoms with Crippen molar-refractivity contribution in [1.29, 1.82) is 0 Å². The number of hydrogen-bond donors (Lipinski definition) is 1. The number of pyridine rings is 1. The minimum atomic E-state index is -0.303. The van der Waals surface area contributed by atoms with Crippen molar-refractivity contribution in [2.45, 2.75) is 34.2 Å². The largest absolute Gasteiger partial charge is 0.462 e. The first-order valence-electron chi connectivity index (χ1n) is 8.57. The third-order valence-corrected chi connectivity index (χ3v) is 5.00. The van der Waals surface area contributed by atoms with E-state index < -0.39 is 0 Å². The first kappa shape index (κ1) is 18.1. The number of anilines is 2. The Morgan fingerprint density at radius 2 is 2.08 bits per heavy atom. The first-order valence-corrected chi connectivity index (χ1v) is 9.45. The zero-order valence-corrected chi connectivity index (χ0v) is 16.2. The highest BCUT2D eigenvalue weighted by molar-refractivity contribution is 7.14. The predicted molar refractivity (Wildman–Crippen MR) is 104 cm³/mol. The summed E-state index contributed by atoms with van der Waals surface area (Å²) in [5.41, 5.74) is 4.13. The molecule has 0 amide bonds. The summed E-state index contributed by atoms with van der Waals surface area (Å²) in [6.45, 7) is 8.97. The molecule has 26 heavy (non-hydrogen) atoms. The number of carbonyl (C=O) groups excluding carboxylic acids is 1. The molecule has 7 heteroatoms. The van der Waals surface area contributed by atoms with Crippen LogP contribution in [0.4, 0.5) is 10.9 Å². The lowest BCUT2D eigenvalue weighted by Gasteiger charge is -2.05. The highest BCUT2D eigenvalue weighted by Crippen LogP contribution is 2.35. The smallest absolute Gasteiger partial charge is 0.340 e. The predicted octanol–water partition coefficient (Wildman–Crippen LogP) is 4.56. The Balaban J connectivity index is 2.02. The van der Waals surface area contributed by atoms with Crippen molar-refractivity contribution in [3.05, 3.63) is 46.7 Å². The molecule has 0 atom stereocenters. The van der Waals surface area contributed by atoms with Crippen LogP contribution in [0.5, 0.6) is 0 Å². The van der Waals surface area contributed by atoms with Crippen LogP contribution in [0.1, 0.15) is 35.6 Å². The summed E-state index contributed by atoms with van der Waals surface area (Å²) in [7, 11) is 0. The quantitative estimate of drug-likeness (QED) is 0.644. The second-order valence-electron chi connectivity index (χ2n) is 5.76. The van der Waals surface area contributed by atoms with E-state index in [1.54, 1.807) is 6.20 Å². The Morgan fingerprint density at radius 3 is 2.73 bits per heavy atom. The van der Waals surface area contributed by atoms with Crippen molar-refractivity contribution in [2.24, 2.45) is 0 Å². The molecule has 0 aliphatic rings. The molecule has 1 N–H and O–H groups in total. The zero-order valence-electron chi connectivity index (χ0n) is 15.4. The van der Waals surface area contributed by atoms with Gasteiger partial charge in [0.25, 0.3) is 0 Å². The van der Waals surface area contributed by atoms with Gasteiger partial charge in [-0.2, -0.15) is 0 Å². The summed E-state index contributed by atoms with van der Waals surface area (Å²) in [5.74, 6) is 0.431. The van der Waals surface area contributed by atoms with Crippen molar-refractivity contribution in [3.8, 4) is 11.3 Å². The van der Waals surface area contributed by atoms with Gasteiger partial charge in [-0.1, -0.05) is 6.07 Å². The van der Waals surface area contributed by atoms with E-state index in [0.717, 1.165) is 40.1 Å². The van der Waals surface area contributed by atoms with Crippen LogP contribution in [-0.4, -0.2) is 27.1 Å². The minimum Gasteiger partial charge on any atom is -0.462 e. The van der Waals surface area contributed by atoms with Crippen LogP contribution in [-0.2, 0) is 11.3 Å². The first-order chi connectivity index (χ1) is 12.6. The Bertz CT molecular complexity index is 915. The van der Waals surface area contributed by atoms with Crippen LogP contribution in [0.3, 0.4) is 0 Å². The molecule has 0 spiro atoms. The van der Waals surface area contributed by atoms with Crippen molar-refractivity contribution in [1.82, 2.24) is 14.5 Å². The summed E-state index contributed by atoms with van der Waals surface area (Å²) >= 11 is 1.48. The lowest BCUT2D eigenvalue weighted by atomic mass is 10.1. The zero-order chi connectivity index (χ0) is 18.7. The van der Waals surface area contributed by atoms with Gasteiger partial charge >= 0.3 is 5.97 Å². The van der Waals surface area contributed by atoms with Crippen LogP contribution in [0.2, 0.25) is 0 Å². The number of rotatable bonds is 6. The van der Waals surface area contributed by atoms with Crippen LogP contribution in [0.15, 0.2) is 29.8 Å². The molecule has 0 aliphatic carbocycles. The molecule has 0 radical (unpaired) electrons. The van der Waals surface area contributed by atoms with Gasteiger partial charge in [0.1, 0.15) is 5.82 Å². The summed E-state index contributed by atoms with van der Waals surface area (Å²) in [4.78, 5) is 21.5. The lowest BCUT2D eigenvalue weighted by Crippen LogP contribution is -2.08. The second-order valence-corrected chi connectivity index (χ2v) is 6.62. The van der Waals surface area contributed by atoms with Gasteiger partial charge in [0.05, 0.1) is 17.9 Å². The molecule has 136 valence electrons. The fourth-order valence-electron chi connectivity index (χ4n) is 3.12. The van der Waals surface area contributed by atoms with Gasteiger partial charge in [-0.15, -0.1) is 11.3 Å². The van der Waals surface area contributed by atoms with Gasteiger partial charge in [-0.3, -0.25) is 0 Å². The molecular formula is C19H22N4O2S. The average molecular weight is 370 g/mol. The third-order valence-electron chi connectivity index (χ3n) is 4.24. The van der Waals surface area contributed by atoms with Gasteiger partial charge in [0.15, 0.2) is 5.13 Å². The summed E-state index contributed by atoms with van der Waals surface area (Å²) in [6.07, 6.45) is 1.73. The van der Waals surface area contributed by atoms with E-state index in [0.29, 0.717) is 12.2 Å². The number of thiazole rings is 1. The number of aromatic nitrogens is 3. The number of nitrogens with one attached hydrogen (secondary N) is 1. The van der Waals surface area contributed by atoms with Crippen molar-refractivity contribution in [2.75, 3.05) is 11.9 Å². The van der Waals surface area contributed by atoms with Crippen LogP contribution >= 0.6 is 11.3 Å². The Kier molecular flexibility index (Phi) is 5.37. The van der Waals surface area contributed by atoms with Crippen LogP contribution in [0, 0.1) is 13.8 Å². The molecule has 0 saturated carbocycles. The maximum Gasteiger partial charge on any atom is 0.340 e. The number of carbonyl (C=O) groups is 1. The monoisotopic (exact) mass is 370 g/mol. The van der Waals surface area contributed by atoms with E-state index in [-0.39, 0.29) is 5.97 Å². The maximum atomic E-state index is 12.6. The second kappa shape index (κ2) is 7.70. The number of hydrogen-bond acceptors (Lipinski definition) is 6. The summed E-state index contributed by atoms with van der Waals surface area (Å²) in [5, 5.41) is 5.88. The lowest BCUT2D eigenvalue weighted by molar-refractivity contribution is 0.0526. The topological polar surface area (TPSA) is 69.0 Å². The molecule has 6 nitrogen and oxygen atoms in total. The third kappa shape index (κ3) is 3.35. The molecule has 0 saturated heterocycles. The fourth-order valence-corrected chi connectivity index (χ4v) is 3.82.